The minimum absolute atomic E-state index is 0.232. The maximum absolute atomic E-state index is 12.2. The second-order valence-electron chi connectivity index (χ2n) is 8.92. The predicted octanol–water partition coefficient (Wildman–Crippen LogP) is 5.48. The van der Waals surface area contributed by atoms with E-state index in [1.54, 1.807) is 4.90 Å². The highest BCUT2D eigenvalue weighted by Crippen LogP contribution is 2.23. The van der Waals surface area contributed by atoms with Gasteiger partial charge in [-0.05, 0) is 67.4 Å². The van der Waals surface area contributed by atoms with Gasteiger partial charge < -0.3 is 19.3 Å². The summed E-state index contributed by atoms with van der Waals surface area (Å²) in [4.78, 5) is 16.3. The van der Waals surface area contributed by atoms with Crippen LogP contribution in [-0.2, 0) is 11.3 Å². The Balaban J connectivity index is 1.30. The first-order chi connectivity index (χ1) is 14.9. The summed E-state index contributed by atoms with van der Waals surface area (Å²) in [6.45, 7) is 9.12. The van der Waals surface area contributed by atoms with E-state index in [2.05, 4.69) is 59.5 Å². The van der Waals surface area contributed by atoms with Crippen LogP contribution in [0.1, 0.15) is 26.3 Å². The number of benzene rings is 3. The topological polar surface area (TPSA) is 42.0 Å². The smallest absolute Gasteiger partial charge is 0.410 e. The molecule has 0 spiro atoms. The van der Waals surface area contributed by atoms with Gasteiger partial charge in [-0.1, -0.05) is 36.4 Å². The Labute approximate surface area is 184 Å². The van der Waals surface area contributed by atoms with Crippen LogP contribution in [0.25, 0.3) is 10.8 Å². The number of fused-ring (bicyclic) bond motifs is 1. The van der Waals surface area contributed by atoms with Crippen LogP contribution in [0.2, 0.25) is 0 Å². The number of carbonyl (C=O) groups is 1. The lowest BCUT2D eigenvalue weighted by atomic mass is 10.1. The van der Waals surface area contributed by atoms with E-state index in [-0.39, 0.29) is 6.09 Å². The van der Waals surface area contributed by atoms with Crippen LogP contribution in [0.15, 0.2) is 66.7 Å². The summed E-state index contributed by atoms with van der Waals surface area (Å²) in [5, 5.41) is 2.46. The number of hydrogen-bond acceptors (Lipinski definition) is 4. The first-order valence-electron chi connectivity index (χ1n) is 10.8. The van der Waals surface area contributed by atoms with E-state index < -0.39 is 5.60 Å². The maximum atomic E-state index is 12.2. The largest absolute Gasteiger partial charge is 0.489 e. The summed E-state index contributed by atoms with van der Waals surface area (Å²) in [6, 6.07) is 23.0. The van der Waals surface area contributed by atoms with Crippen molar-refractivity contribution in [1.82, 2.24) is 4.90 Å². The van der Waals surface area contributed by atoms with Gasteiger partial charge in [0, 0.05) is 31.9 Å². The fourth-order valence-electron chi connectivity index (χ4n) is 3.72. The van der Waals surface area contributed by atoms with Gasteiger partial charge in [0.25, 0.3) is 0 Å². The highest BCUT2D eigenvalue weighted by molar-refractivity contribution is 5.82. The minimum Gasteiger partial charge on any atom is -0.489 e. The van der Waals surface area contributed by atoms with Crippen LogP contribution in [0, 0.1) is 0 Å². The molecule has 5 heteroatoms. The number of ether oxygens (including phenoxy) is 2. The first kappa shape index (κ1) is 21.0. The molecule has 0 aliphatic carbocycles. The van der Waals surface area contributed by atoms with Crippen molar-refractivity contribution in [3.05, 3.63) is 72.3 Å². The quantitative estimate of drug-likeness (QED) is 0.563. The molecule has 3 aromatic rings. The summed E-state index contributed by atoms with van der Waals surface area (Å²) in [6.07, 6.45) is -0.232. The van der Waals surface area contributed by atoms with Crippen molar-refractivity contribution in [1.29, 1.82) is 0 Å². The maximum Gasteiger partial charge on any atom is 0.410 e. The average molecular weight is 419 g/mol. The van der Waals surface area contributed by atoms with E-state index in [4.69, 9.17) is 9.47 Å². The Bertz CT molecular complexity index is 1030. The fraction of sp³-hybridized carbons (Fsp3) is 0.346. The van der Waals surface area contributed by atoms with Crippen molar-refractivity contribution in [3.63, 3.8) is 0 Å². The molecule has 1 aliphatic heterocycles. The molecule has 5 nitrogen and oxygen atoms in total. The van der Waals surface area contributed by atoms with Crippen LogP contribution in [0.5, 0.6) is 5.75 Å². The number of rotatable bonds is 4. The van der Waals surface area contributed by atoms with Gasteiger partial charge in [0.15, 0.2) is 0 Å². The monoisotopic (exact) mass is 418 g/mol. The van der Waals surface area contributed by atoms with Gasteiger partial charge in [0.05, 0.1) is 0 Å². The Morgan fingerprint density at radius 1 is 0.871 bits per heavy atom. The van der Waals surface area contributed by atoms with E-state index in [0.717, 1.165) is 30.1 Å². The normalized spacial score (nSPS) is 14.5. The van der Waals surface area contributed by atoms with Crippen LogP contribution in [0.4, 0.5) is 10.5 Å². The van der Waals surface area contributed by atoms with Gasteiger partial charge >= 0.3 is 6.09 Å². The van der Waals surface area contributed by atoms with Crippen LogP contribution in [0.3, 0.4) is 0 Å². The van der Waals surface area contributed by atoms with Crippen molar-refractivity contribution in [2.45, 2.75) is 33.0 Å². The Morgan fingerprint density at radius 3 is 2.23 bits per heavy atom. The highest BCUT2D eigenvalue weighted by atomic mass is 16.6. The molecule has 1 aliphatic rings. The standard InChI is InChI=1S/C26H30N2O3/c1-26(2,3)31-25(29)28-16-14-27(15-17-28)23-10-12-24(13-11-23)30-19-20-8-9-21-6-4-5-7-22(21)18-20/h4-13,18H,14-17,19H2,1-3H3. The van der Waals surface area contributed by atoms with Crippen molar-refractivity contribution < 1.29 is 14.3 Å². The lowest BCUT2D eigenvalue weighted by Gasteiger charge is -2.36. The Morgan fingerprint density at radius 2 is 1.55 bits per heavy atom. The molecule has 0 radical (unpaired) electrons. The second-order valence-corrected chi connectivity index (χ2v) is 8.92. The zero-order valence-corrected chi connectivity index (χ0v) is 18.5. The molecule has 0 aromatic heterocycles. The third kappa shape index (κ3) is 5.48. The molecule has 1 heterocycles. The molecule has 0 saturated carbocycles. The molecule has 3 aromatic carbocycles. The number of hydrogen-bond donors (Lipinski definition) is 0. The van der Waals surface area contributed by atoms with Crippen molar-refractivity contribution in [2.75, 3.05) is 31.1 Å². The molecule has 1 fully saturated rings. The van der Waals surface area contributed by atoms with E-state index in [9.17, 15) is 4.79 Å². The zero-order valence-electron chi connectivity index (χ0n) is 18.5. The van der Waals surface area contributed by atoms with Crippen LogP contribution in [-0.4, -0.2) is 42.8 Å². The van der Waals surface area contributed by atoms with E-state index in [1.807, 2.05) is 32.9 Å². The van der Waals surface area contributed by atoms with E-state index in [1.165, 1.54) is 10.8 Å². The lowest BCUT2D eigenvalue weighted by molar-refractivity contribution is 0.0240. The van der Waals surface area contributed by atoms with Gasteiger partial charge in [0.2, 0.25) is 0 Å². The highest BCUT2D eigenvalue weighted by Gasteiger charge is 2.25. The van der Waals surface area contributed by atoms with Crippen molar-refractivity contribution in [3.8, 4) is 5.75 Å². The SMILES string of the molecule is CC(C)(C)OC(=O)N1CCN(c2ccc(OCc3ccc4ccccc4c3)cc2)CC1. The van der Waals surface area contributed by atoms with Gasteiger partial charge in [-0.15, -0.1) is 0 Å². The van der Waals surface area contributed by atoms with E-state index >= 15 is 0 Å². The van der Waals surface area contributed by atoms with Gasteiger partial charge in [-0.25, -0.2) is 4.79 Å². The van der Waals surface area contributed by atoms with Gasteiger partial charge in [-0.3, -0.25) is 0 Å². The average Bonchev–Trinajstić information content (AvgIpc) is 2.77. The summed E-state index contributed by atoms with van der Waals surface area (Å²) in [5.74, 6) is 0.851. The lowest BCUT2D eigenvalue weighted by Crippen LogP contribution is -2.50. The number of carbonyl (C=O) groups excluding carboxylic acids is 1. The third-order valence-electron chi connectivity index (χ3n) is 5.35. The molecule has 0 atom stereocenters. The van der Waals surface area contributed by atoms with Crippen LogP contribution >= 0.6 is 0 Å². The summed E-state index contributed by atoms with van der Waals surface area (Å²) < 4.78 is 11.5. The summed E-state index contributed by atoms with van der Waals surface area (Å²) in [5.41, 5.74) is 1.83. The number of anilines is 1. The molecule has 0 N–H and O–H groups in total. The molecule has 31 heavy (non-hydrogen) atoms. The van der Waals surface area contributed by atoms with Crippen LogP contribution < -0.4 is 9.64 Å². The van der Waals surface area contributed by atoms with Gasteiger partial charge in [0.1, 0.15) is 18.0 Å². The molecule has 1 amide bonds. The molecular formula is C26H30N2O3. The van der Waals surface area contributed by atoms with E-state index in [0.29, 0.717) is 19.7 Å². The first-order valence-corrected chi connectivity index (χ1v) is 10.8. The molecule has 0 unspecified atom stereocenters. The second kappa shape index (κ2) is 8.88. The molecule has 0 bridgehead atoms. The van der Waals surface area contributed by atoms with Crippen molar-refractivity contribution in [2.24, 2.45) is 0 Å². The number of amides is 1. The summed E-state index contributed by atoms with van der Waals surface area (Å²) >= 11 is 0. The zero-order chi connectivity index (χ0) is 21.8. The Hall–Kier alpha value is -3.21. The molecule has 162 valence electrons. The van der Waals surface area contributed by atoms with Gasteiger partial charge in [-0.2, -0.15) is 0 Å². The van der Waals surface area contributed by atoms with Crippen molar-refractivity contribution >= 4 is 22.6 Å². The third-order valence-corrected chi connectivity index (χ3v) is 5.35. The predicted molar refractivity (Wildman–Crippen MR) is 125 cm³/mol. The fourth-order valence-corrected chi connectivity index (χ4v) is 3.72. The minimum atomic E-state index is -0.461. The Kier molecular flexibility index (Phi) is 6.03. The molecule has 1 saturated heterocycles. The summed E-state index contributed by atoms with van der Waals surface area (Å²) in [7, 11) is 0. The molecule has 4 rings (SSSR count). The number of piperazine rings is 1. The number of nitrogens with zero attached hydrogens (tertiary/aromatic N) is 2. The molecular weight excluding hydrogens is 388 g/mol.